The van der Waals surface area contributed by atoms with Gasteiger partial charge in [0.15, 0.2) is 0 Å². The van der Waals surface area contributed by atoms with Crippen molar-refractivity contribution < 1.29 is 9.15 Å². The Kier molecular flexibility index (Phi) is 3.44. The molecule has 2 aliphatic rings. The molecule has 3 nitrogen and oxygen atoms in total. The van der Waals surface area contributed by atoms with Crippen molar-refractivity contribution in [2.24, 2.45) is 5.92 Å². The molecular weight excluding hydrogens is 226 g/mol. The standard InChI is InChI=1S/C15H23NO2/c1-3-13-4-5-14(18-13)10-16-7-6-15-12(9-16)8-11(2)17-15/h4-5,11-12,15H,3,6-10H2,1-2H3/t11-,12-,15-/m0/s1. The maximum absolute atomic E-state index is 5.94. The first-order chi connectivity index (χ1) is 8.74. The van der Waals surface area contributed by atoms with Crippen LogP contribution in [0.3, 0.4) is 0 Å². The lowest BCUT2D eigenvalue weighted by Crippen LogP contribution is -2.40. The maximum atomic E-state index is 5.94. The van der Waals surface area contributed by atoms with E-state index in [1.165, 1.54) is 12.8 Å². The molecule has 18 heavy (non-hydrogen) atoms. The van der Waals surface area contributed by atoms with Gasteiger partial charge in [0.25, 0.3) is 0 Å². The Morgan fingerprint density at radius 2 is 2.17 bits per heavy atom. The van der Waals surface area contributed by atoms with Crippen LogP contribution in [0.2, 0.25) is 0 Å². The second-order valence-corrected chi connectivity index (χ2v) is 5.73. The van der Waals surface area contributed by atoms with Crippen LogP contribution in [-0.4, -0.2) is 30.2 Å². The summed E-state index contributed by atoms with van der Waals surface area (Å²) >= 11 is 0. The van der Waals surface area contributed by atoms with Crippen LogP contribution in [-0.2, 0) is 17.7 Å². The van der Waals surface area contributed by atoms with Gasteiger partial charge in [-0.3, -0.25) is 4.90 Å². The van der Waals surface area contributed by atoms with Crippen LogP contribution in [0.25, 0.3) is 0 Å². The van der Waals surface area contributed by atoms with Gasteiger partial charge in [0.1, 0.15) is 11.5 Å². The minimum absolute atomic E-state index is 0.454. The SMILES string of the molecule is CCc1ccc(CN2CC[C@@H]3O[C@@H](C)C[C@H]3C2)o1. The first-order valence-corrected chi connectivity index (χ1v) is 7.20. The molecule has 0 radical (unpaired) electrons. The molecule has 0 amide bonds. The molecule has 0 bridgehead atoms. The van der Waals surface area contributed by atoms with Crippen molar-refractivity contribution in [2.45, 2.75) is 51.9 Å². The summed E-state index contributed by atoms with van der Waals surface area (Å²) in [6, 6.07) is 4.22. The van der Waals surface area contributed by atoms with Gasteiger partial charge >= 0.3 is 0 Å². The van der Waals surface area contributed by atoms with Crippen molar-refractivity contribution in [3.05, 3.63) is 23.7 Å². The van der Waals surface area contributed by atoms with E-state index in [2.05, 4.69) is 30.9 Å². The Labute approximate surface area is 109 Å². The fourth-order valence-corrected chi connectivity index (χ4v) is 3.33. The molecule has 2 saturated heterocycles. The van der Waals surface area contributed by atoms with E-state index in [-0.39, 0.29) is 0 Å². The van der Waals surface area contributed by atoms with Crippen LogP contribution in [0.15, 0.2) is 16.5 Å². The van der Waals surface area contributed by atoms with E-state index < -0.39 is 0 Å². The Hall–Kier alpha value is -0.800. The van der Waals surface area contributed by atoms with Gasteiger partial charge in [0.2, 0.25) is 0 Å². The van der Waals surface area contributed by atoms with Crippen molar-refractivity contribution in [1.82, 2.24) is 4.90 Å². The fourth-order valence-electron chi connectivity index (χ4n) is 3.33. The molecule has 2 aliphatic heterocycles. The van der Waals surface area contributed by atoms with E-state index in [0.717, 1.165) is 43.5 Å². The van der Waals surface area contributed by atoms with Gasteiger partial charge in [-0.1, -0.05) is 6.92 Å². The van der Waals surface area contributed by atoms with Crippen LogP contribution in [0.5, 0.6) is 0 Å². The van der Waals surface area contributed by atoms with Crippen LogP contribution >= 0.6 is 0 Å². The third-order valence-corrected chi connectivity index (χ3v) is 4.24. The van der Waals surface area contributed by atoms with Gasteiger partial charge in [0, 0.05) is 25.4 Å². The molecule has 3 rings (SSSR count). The van der Waals surface area contributed by atoms with Gasteiger partial charge < -0.3 is 9.15 Å². The number of ether oxygens (including phenoxy) is 1. The molecule has 0 aliphatic carbocycles. The number of hydrogen-bond donors (Lipinski definition) is 0. The van der Waals surface area contributed by atoms with Crippen LogP contribution < -0.4 is 0 Å². The fraction of sp³-hybridized carbons (Fsp3) is 0.733. The summed E-state index contributed by atoms with van der Waals surface area (Å²) in [5, 5.41) is 0. The molecule has 0 saturated carbocycles. The van der Waals surface area contributed by atoms with Gasteiger partial charge in [-0.2, -0.15) is 0 Å². The summed E-state index contributed by atoms with van der Waals surface area (Å²) in [5.74, 6) is 2.93. The maximum Gasteiger partial charge on any atom is 0.118 e. The van der Waals surface area contributed by atoms with E-state index in [4.69, 9.17) is 9.15 Å². The molecule has 3 atom stereocenters. The van der Waals surface area contributed by atoms with Crippen molar-refractivity contribution in [2.75, 3.05) is 13.1 Å². The summed E-state index contributed by atoms with van der Waals surface area (Å²) in [4.78, 5) is 2.51. The molecule has 3 heterocycles. The number of nitrogens with zero attached hydrogens (tertiary/aromatic N) is 1. The number of piperidine rings is 1. The lowest BCUT2D eigenvalue weighted by molar-refractivity contribution is 0.00460. The number of likely N-dealkylation sites (tertiary alicyclic amines) is 1. The molecule has 0 unspecified atom stereocenters. The average molecular weight is 249 g/mol. The van der Waals surface area contributed by atoms with Gasteiger partial charge in [0.05, 0.1) is 18.8 Å². The Balaban J connectivity index is 1.58. The second-order valence-electron chi connectivity index (χ2n) is 5.73. The van der Waals surface area contributed by atoms with E-state index in [1.54, 1.807) is 0 Å². The van der Waals surface area contributed by atoms with Crippen molar-refractivity contribution in [3.8, 4) is 0 Å². The first kappa shape index (κ1) is 12.2. The zero-order valence-corrected chi connectivity index (χ0v) is 11.4. The quantitative estimate of drug-likeness (QED) is 0.823. The van der Waals surface area contributed by atoms with Crippen LogP contribution in [0, 0.1) is 5.92 Å². The zero-order chi connectivity index (χ0) is 12.5. The van der Waals surface area contributed by atoms with Crippen molar-refractivity contribution >= 4 is 0 Å². The van der Waals surface area contributed by atoms with Crippen molar-refractivity contribution in [1.29, 1.82) is 0 Å². The van der Waals surface area contributed by atoms with Gasteiger partial charge in [-0.05, 0) is 31.9 Å². The molecule has 1 aromatic rings. The lowest BCUT2D eigenvalue weighted by atomic mass is 9.93. The predicted octanol–water partition coefficient (Wildman–Crippen LogP) is 2.84. The molecular formula is C15H23NO2. The first-order valence-electron chi connectivity index (χ1n) is 7.20. The minimum atomic E-state index is 0.454. The molecule has 0 aromatic carbocycles. The van der Waals surface area contributed by atoms with E-state index in [1.807, 2.05) is 0 Å². The van der Waals surface area contributed by atoms with Crippen LogP contribution in [0.4, 0.5) is 0 Å². The highest BCUT2D eigenvalue weighted by Gasteiger charge is 2.37. The molecule has 1 aromatic heterocycles. The highest BCUT2D eigenvalue weighted by atomic mass is 16.5. The Morgan fingerprint density at radius 3 is 2.94 bits per heavy atom. The minimum Gasteiger partial charge on any atom is -0.465 e. The molecule has 0 spiro atoms. The van der Waals surface area contributed by atoms with Gasteiger partial charge in [-0.25, -0.2) is 0 Å². The van der Waals surface area contributed by atoms with E-state index in [9.17, 15) is 0 Å². The molecule has 2 fully saturated rings. The summed E-state index contributed by atoms with van der Waals surface area (Å²) in [6.45, 7) is 7.58. The van der Waals surface area contributed by atoms with E-state index >= 15 is 0 Å². The summed E-state index contributed by atoms with van der Waals surface area (Å²) < 4.78 is 11.7. The molecule has 3 heteroatoms. The monoisotopic (exact) mass is 249 g/mol. The number of hydrogen-bond acceptors (Lipinski definition) is 3. The Bertz CT molecular complexity index is 401. The summed E-state index contributed by atoms with van der Waals surface area (Å²) in [7, 11) is 0. The smallest absolute Gasteiger partial charge is 0.118 e. The molecule has 100 valence electrons. The molecule has 0 N–H and O–H groups in total. The summed E-state index contributed by atoms with van der Waals surface area (Å²) in [5.41, 5.74) is 0. The predicted molar refractivity (Wildman–Crippen MR) is 70.4 cm³/mol. The topological polar surface area (TPSA) is 25.6 Å². The Morgan fingerprint density at radius 1 is 1.33 bits per heavy atom. The highest BCUT2D eigenvalue weighted by Crippen LogP contribution is 2.33. The normalized spacial score (nSPS) is 32.7. The van der Waals surface area contributed by atoms with Gasteiger partial charge in [-0.15, -0.1) is 0 Å². The lowest BCUT2D eigenvalue weighted by Gasteiger charge is -2.33. The third kappa shape index (κ3) is 2.47. The third-order valence-electron chi connectivity index (χ3n) is 4.24. The number of rotatable bonds is 3. The zero-order valence-electron chi connectivity index (χ0n) is 11.4. The van der Waals surface area contributed by atoms with Crippen molar-refractivity contribution in [3.63, 3.8) is 0 Å². The van der Waals surface area contributed by atoms with Crippen LogP contribution in [0.1, 0.15) is 38.2 Å². The number of aryl methyl sites for hydroxylation is 1. The number of fused-ring (bicyclic) bond motifs is 1. The average Bonchev–Trinajstić information content (AvgIpc) is 2.94. The van der Waals surface area contributed by atoms with E-state index in [0.29, 0.717) is 12.2 Å². The number of furan rings is 1. The second kappa shape index (κ2) is 5.06. The largest absolute Gasteiger partial charge is 0.465 e. The summed E-state index contributed by atoms with van der Waals surface area (Å²) in [6.07, 6.45) is 4.35. The highest BCUT2D eigenvalue weighted by molar-refractivity contribution is 5.07.